The summed E-state index contributed by atoms with van der Waals surface area (Å²) < 4.78 is 0.890. The van der Waals surface area contributed by atoms with Crippen molar-refractivity contribution in [2.75, 3.05) is 4.90 Å². The van der Waals surface area contributed by atoms with Crippen LogP contribution in [0.25, 0.3) is 0 Å². The molecule has 0 N–H and O–H groups in total. The first-order valence-corrected chi connectivity index (χ1v) is 8.61. The van der Waals surface area contributed by atoms with Crippen LogP contribution in [0.3, 0.4) is 0 Å². The van der Waals surface area contributed by atoms with Crippen LogP contribution >= 0.6 is 15.9 Å². The van der Waals surface area contributed by atoms with Crippen LogP contribution < -0.4 is 4.90 Å². The summed E-state index contributed by atoms with van der Waals surface area (Å²) in [5, 5.41) is 0. The fraction of sp³-hybridized carbons (Fsp3) is 0.263. The maximum absolute atomic E-state index is 13.1. The molecule has 1 aliphatic rings. The average molecular weight is 372 g/mol. The standard InChI is InChI=1S/C19H18BrNO2/c20-17-8-4-5-9-18(17)21(15-10-12-16(22)13-11-15)19(23)14-6-2-1-3-7-14/h1-9,15H,10-13H2. The highest BCUT2D eigenvalue weighted by molar-refractivity contribution is 9.10. The number of anilines is 1. The number of hydrogen-bond donors (Lipinski definition) is 0. The van der Waals surface area contributed by atoms with Gasteiger partial charge in [-0.2, -0.15) is 0 Å². The van der Waals surface area contributed by atoms with E-state index in [9.17, 15) is 9.59 Å². The van der Waals surface area contributed by atoms with Crippen molar-refractivity contribution in [3.63, 3.8) is 0 Å². The van der Waals surface area contributed by atoms with E-state index in [0.29, 0.717) is 24.2 Å². The number of amides is 1. The number of benzene rings is 2. The Balaban J connectivity index is 1.98. The maximum Gasteiger partial charge on any atom is 0.258 e. The van der Waals surface area contributed by atoms with E-state index in [4.69, 9.17) is 0 Å². The molecule has 2 aromatic carbocycles. The lowest BCUT2D eigenvalue weighted by molar-refractivity contribution is -0.120. The zero-order chi connectivity index (χ0) is 16.2. The van der Waals surface area contributed by atoms with Crippen LogP contribution in [-0.2, 0) is 4.79 Å². The van der Waals surface area contributed by atoms with Gasteiger partial charge in [-0.3, -0.25) is 9.59 Å². The fourth-order valence-electron chi connectivity index (χ4n) is 3.02. The molecule has 0 spiro atoms. The lowest BCUT2D eigenvalue weighted by atomic mass is 9.92. The third-order valence-corrected chi connectivity index (χ3v) is 4.90. The Labute approximate surface area is 144 Å². The first kappa shape index (κ1) is 15.9. The van der Waals surface area contributed by atoms with Crippen molar-refractivity contribution in [3.8, 4) is 0 Å². The molecule has 0 aromatic heterocycles. The molecule has 4 heteroatoms. The van der Waals surface area contributed by atoms with Gasteiger partial charge in [0.25, 0.3) is 5.91 Å². The van der Waals surface area contributed by atoms with Gasteiger partial charge in [-0.15, -0.1) is 0 Å². The van der Waals surface area contributed by atoms with E-state index in [1.165, 1.54) is 0 Å². The summed E-state index contributed by atoms with van der Waals surface area (Å²) in [4.78, 5) is 26.5. The summed E-state index contributed by atoms with van der Waals surface area (Å²) in [6.07, 6.45) is 2.54. The third kappa shape index (κ3) is 3.53. The van der Waals surface area contributed by atoms with Gasteiger partial charge >= 0.3 is 0 Å². The molecule has 1 aliphatic carbocycles. The second-order valence-electron chi connectivity index (χ2n) is 5.76. The number of hydrogen-bond acceptors (Lipinski definition) is 2. The molecule has 3 rings (SSSR count). The highest BCUT2D eigenvalue weighted by atomic mass is 79.9. The van der Waals surface area contributed by atoms with Crippen molar-refractivity contribution in [1.82, 2.24) is 0 Å². The van der Waals surface area contributed by atoms with Gasteiger partial charge in [0.1, 0.15) is 5.78 Å². The summed E-state index contributed by atoms with van der Waals surface area (Å²) in [7, 11) is 0. The van der Waals surface area contributed by atoms with Gasteiger partial charge in [0.15, 0.2) is 0 Å². The highest BCUT2D eigenvalue weighted by Gasteiger charge is 2.30. The minimum absolute atomic E-state index is 0.0168. The van der Waals surface area contributed by atoms with Gasteiger partial charge in [-0.25, -0.2) is 0 Å². The number of carbonyl (C=O) groups is 2. The van der Waals surface area contributed by atoms with Gasteiger partial charge in [0, 0.05) is 28.9 Å². The molecule has 23 heavy (non-hydrogen) atoms. The lowest BCUT2D eigenvalue weighted by Crippen LogP contribution is -2.43. The molecule has 1 saturated carbocycles. The van der Waals surface area contributed by atoms with Crippen molar-refractivity contribution in [2.45, 2.75) is 31.7 Å². The first-order chi connectivity index (χ1) is 11.2. The van der Waals surface area contributed by atoms with E-state index in [2.05, 4.69) is 15.9 Å². The maximum atomic E-state index is 13.1. The molecule has 0 heterocycles. The molecule has 0 bridgehead atoms. The molecule has 1 fully saturated rings. The third-order valence-electron chi connectivity index (χ3n) is 4.23. The van der Waals surface area contributed by atoms with E-state index in [-0.39, 0.29) is 11.9 Å². The Morgan fingerprint density at radius 2 is 1.57 bits per heavy atom. The van der Waals surface area contributed by atoms with Crippen LogP contribution in [0.15, 0.2) is 59.1 Å². The number of para-hydroxylation sites is 1. The van der Waals surface area contributed by atoms with Crippen LogP contribution in [0, 0.1) is 0 Å². The molecule has 3 nitrogen and oxygen atoms in total. The summed E-state index contributed by atoms with van der Waals surface area (Å²) in [6.45, 7) is 0. The SMILES string of the molecule is O=C1CCC(N(C(=O)c2ccccc2)c2ccccc2Br)CC1. The first-order valence-electron chi connectivity index (χ1n) is 7.81. The van der Waals surface area contributed by atoms with Crippen molar-refractivity contribution in [3.05, 3.63) is 64.6 Å². The molecule has 118 valence electrons. The Kier molecular flexibility index (Phi) is 4.91. The Morgan fingerprint density at radius 1 is 0.957 bits per heavy atom. The number of rotatable bonds is 3. The van der Waals surface area contributed by atoms with Crippen molar-refractivity contribution in [2.24, 2.45) is 0 Å². The predicted octanol–water partition coefficient (Wildman–Crippen LogP) is 4.61. The monoisotopic (exact) mass is 371 g/mol. The van der Waals surface area contributed by atoms with Crippen LogP contribution in [-0.4, -0.2) is 17.7 Å². The summed E-state index contributed by atoms with van der Waals surface area (Å²) in [6, 6.07) is 17.1. The highest BCUT2D eigenvalue weighted by Crippen LogP contribution is 2.33. The van der Waals surface area contributed by atoms with Crippen molar-refractivity contribution < 1.29 is 9.59 Å². The molecule has 0 atom stereocenters. The Morgan fingerprint density at radius 3 is 2.22 bits per heavy atom. The molecule has 0 saturated heterocycles. The van der Waals surface area contributed by atoms with Crippen LogP contribution in [0.5, 0.6) is 0 Å². The van der Waals surface area contributed by atoms with Crippen molar-refractivity contribution >= 4 is 33.3 Å². The largest absolute Gasteiger partial charge is 0.304 e. The molecular formula is C19H18BrNO2. The van der Waals surface area contributed by atoms with Gasteiger partial charge in [-0.05, 0) is 53.0 Å². The van der Waals surface area contributed by atoms with E-state index in [1.54, 1.807) is 0 Å². The zero-order valence-corrected chi connectivity index (χ0v) is 14.3. The van der Waals surface area contributed by atoms with Gasteiger partial charge in [0.2, 0.25) is 0 Å². The quantitative estimate of drug-likeness (QED) is 0.789. The number of nitrogens with zero attached hydrogens (tertiary/aromatic N) is 1. The summed E-state index contributed by atoms with van der Waals surface area (Å²) >= 11 is 3.56. The minimum atomic E-state index is -0.0168. The number of carbonyl (C=O) groups excluding carboxylic acids is 2. The number of halogens is 1. The van der Waals surface area contributed by atoms with Crippen LogP contribution in [0.4, 0.5) is 5.69 Å². The van der Waals surface area contributed by atoms with Crippen molar-refractivity contribution in [1.29, 1.82) is 0 Å². The average Bonchev–Trinajstić information content (AvgIpc) is 2.59. The van der Waals surface area contributed by atoms with Gasteiger partial charge in [0.05, 0.1) is 5.69 Å². The van der Waals surface area contributed by atoms with E-state index >= 15 is 0 Å². The summed E-state index contributed by atoms with van der Waals surface area (Å²) in [5.74, 6) is 0.275. The normalized spacial score (nSPS) is 15.4. The molecule has 0 unspecified atom stereocenters. The molecular weight excluding hydrogens is 354 g/mol. The van der Waals surface area contributed by atoms with Crippen LogP contribution in [0.1, 0.15) is 36.0 Å². The second kappa shape index (κ2) is 7.09. The zero-order valence-electron chi connectivity index (χ0n) is 12.7. The number of Topliss-reactive ketones (excluding diaryl/α,β-unsaturated/α-hetero) is 1. The molecule has 0 radical (unpaired) electrons. The minimum Gasteiger partial charge on any atom is -0.304 e. The Bertz CT molecular complexity index is 704. The Hall–Kier alpha value is -1.94. The lowest BCUT2D eigenvalue weighted by Gasteiger charge is -2.34. The second-order valence-corrected chi connectivity index (χ2v) is 6.62. The predicted molar refractivity (Wildman–Crippen MR) is 94.7 cm³/mol. The van der Waals surface area contributed by atoms with E-state index in [1.807, 2.05) is 59.5 Å². The molecule has 2 aromatic rings. The van der Waals surface area contributed by atoms with E-state index < -0.39 is 0 Å². The topological polar surface area (TPSA) is 37.4 Å². The summed E-state index contributed by atoms with van der Waals surface area (Å²) in [5.41, 5.74) is 1.53. The smallest absolute Gasteiger partial charge is 0.258 e. The molecule has 1 amide bonds. The molecule has 0 aliphatic heterocycles. The fourth-order valence-corrected chi connectivity index (χ4v) is 3.50. The van der Waals surface area contributed by atoms with Gasteiger partial charge in [-0.1, -0.05) is 30.3 Å². The van der Waals surface area contributed by atoms with Crippen LogP contribution in [0.2, 0.25) is 0 Å². The number of ketones is 1. The van der Waals surface area contributed by atoms with Gasteiger partial charge < -0.3 is 4.90 Å². The van der Waals surface area contributed by atoms with E-state index in [0.717, 1.165) is 23.0 Å².